The molecule has 0 radical (unpaired) electrons. The van der Waals surface area contributed by atoms with Crippen LogP contribution in [0.15, 0.2) is 18.2 Å². The SMILES string of the molecule is CC(=O)C(Cl)c1ccc(CCl)cc1C(O)C(=O)O. The van der Waals surface area contributed by atoms with E-state index < -0.39 is 17.5 Å². The summed E-state index contributed by atoms with van der Waals surface area (Å²) in [5, 5.41) is 17.5. The average Bonchev–Trinajstić information content (AvgIpc) is 2.35. The lowest BCUT2D eigenvalue weighted by atomic mass is 9.96. The van der Waals surface area contributed by atoms with Crippen molar-refractivity contribution in [1.29, 1.82) is 0 Å². The second-order valence-corrected chi connectivity index (χ2v) is 4.51. The van der Waals surface area contributed by atoms with Crippen molar-refractivity contribution < 1.29 is 19.8 Å². The number of aliphatic carboxylic acids is 1. The normalized spacial score (nSPS) is 14.0. The van der Waals surface area contributed by atoms with Gasteiger partial charge in [-0.3, -0.25) is 4.79 Å². The number of carbonyl (C=O) groups excluding carboxylic acids is 1. The Balaban J connectivity index is 3.33. The lowest BCUT2D eigenvalue weighted by Crippen LogP contribution is -2.15. The largest absolute Gasteiger partial charge is 0.479 e. The molecule has 4 nitrogen and oxygen atoms in total. The van der Waals surface area contributed by atoms with E-state index in [1.807, 2.05) is 0 Å². The zero-order chi connectivity index (χ0) is 13.9. The van der Waals surface area contributed by atoms with E-state index in [0.717, 1.165) is 0 Å². The Bertz CT molecular complexity index is 473. The van der Waals surface area contributed by atoms with Gasteiger partial charge in [0, 0.05) is 5.88 Å². The molecular weight excluding hydrogens is 279 g/mol. The number of hydrogen-bond acceptors (Lipinski definition) is 3. The molecule has 18 heavy (non-hydrogen) atoms. The number of aliphatic hydroxyl groups excluding tert-OH is 1. The highest BCUT2D eigenvalue weighted by atomic mass is 35.5. The van der Waals surface area contributed by atoms with Crippen molar-refractivity contribution in [3.05, 3.63) is 34.9 Å². The van der Waals surface area contributed by atoms with Crippen LogP contribution in [0.4, 0.5) is 0 Å². The summed E-state index contributed by atoms with van der Waals surface area (Å²) in [5.74, 6) is -1.56. The van der Waals surface area contributed by atoms with E-state index in [0.29, 0.717) is 5.56 Å². The molecule has 0 aliphatic carbocycles. The number of rotatable bonds is 5. The Morgan fingerprint density at radius 3 is 2.39 bits per heavy atom. The van der Waals surface area contributed by atoms with Gasteiger partial charge in [0.25, 0.3) is 0 Å². The Hall–Kier alpha value is -1.10. The van der Waals surface area contributed by atoms with Crippen LogP contribution in [0.25, 0.3) is 0 Å². The maximum atomic E-state index is 11.3. The summed E-state index contributed by atoms with van der Waals surface area (Å²) in [6, 6.07) is 4.59. The summed E-state index contributed by atoms with van der Waals surface area (Å²) in [7, 11) is 0. The van der Waals surface area contributed by atoms with E-state index in [9.17, 15) is 14.7 Å². The average molecular weight is 291 g/mol. The number of alkyl halides is 2. The van der Waals surface area contributed by atoms with Crippen LogP contribution in [0.1, 0.15) is 35.1 Å². The number of ketones is 1. The molecule has 0 aliphatic heterocycles. The van der Waals surface area contributed by atoms with Crippen LogP contribution in [0.3, 0.4) is 0 Å². The maximum Gasteiger partial charge on any atom is 0.337 e. The van der Waals surface area contributed by atoms with Crippen molar-refractivity contribution in [3.8, 4) is 0 Å². The van der Waals surface area contributed by atoms with Gasteiger partial charge in [0.15, 0.2) is 11.9 Å². The van der Waals surface area contributed by atoms with Gasteiger partial charge in [-0.15, -0.1) is 23.2 Å². The molecule has 2 N–H and O–H groups in total. The number of Topliss-reactive ketones (excluding diaryl/α,β-unsaturated/α-hetero) is 1. The third-order valence-corrected chi connectivity index (χ3v) is 3.31. The van der Waals surface area contributed by atoms with Gasteiger partial charge < -0.3 is 10.2 Å². The fourth-order valence-corrected chi connectivity index (χ4v) is 1.89. The van der Waals surface area contributed by atoms with Crippen LogP contribution in [0, 0.1) is 0 Å². The third-order valence-electron chi connectivity index (χ3n) is 2.46. The predicted octanol–water partition coefficient (Wildman–Crippen LogP) is 2.41. The van der Waals surface area contributed by atoms with Crippen LogP contribution >= 0.6 is 23.2 Å². The summed E-state index contributed by atoms with van der Waals surface area (Å²) in [4.78, 5) is 22.1. The second kappa shape index (κ2) is 6.18. The van der Waals surface area contributed by atoms with Crippen molar-refractivity contribution in [2.75, 3.05) is 0 Å². The minimum atomic E-state index is -1.73. The molecule has 1 rings (SSSR count). The van der Waals surface area contributed by atoms with Gasteiger partial charge in [-0.2, -0.15) is 0 Å². The molecule has 6 heteroatoms. The van der Waals surface area contributed by atoms with Crippen molar-refractivity contribution >= 4 is 35.0 Å². The Morgan fingerprint density at radius 2 is 1.94 bits per heavy atom. The first-order valence-electron chi connectivity index (χ1n) is 5.12. The first-order valence-corrected chi connectivity index (χ1v) is 6.09. The van der Waals surface area contributed by atoms with Crippen molar-refractivity contribution in [3.63, 3.8) is 0 Å². The summed E-state index contributed by atoms with van der Waals surface area (Å²) in [6.07, 6.45) is -1.73. The zero-order valence-corrected chi connectivity index (χ0v) is 11.1. The highest BCUT2D eigenvalue weighted by Crippen LogP contribution is 2.30. The number of hydrogen-bond donors (Lipinski definition) is 2. The summed E-state index contributed by atoms with van der Waals surface area (Å²) in [6.45, 7) is 1.30. The van der Waals surface area contributed by atoms with E-state index in [4.69, 9.17) is 28.3 Å². The molecule has 0 saturated carbocycles. The van der Waals surface area contributed by atoms with E-state index in [1.165, 1.54) is 19.1 Å². The van der Waals surface area contributed by atoms with E-state index in [1.54, 1.807) is 6.07 Å². The van der Waals surface area contributed by atoms with Gasteiger partial charge in [0.05, 0.1) is 0 Å². The number of carboxylic acids is 1. The molecule has 0 bridgehead atoms. The van der Waals surface area contributed by atoms with Gasteiger partial charge in [0.1, 0.15) is 5.38 Å². The second-order valence-electron chi connectivity index (χ2n) is 3.81. The van der Waals surface area contributed by atoms with Crippen LogP contribution < -0.4 is 0 Å². The van der Waals surface area contributed by atoms with Crippen LogP contribution in [0.2, 0.25) is 0 Å². The molecule has 0 saturated heterocycles. The number of carbonyl (C=O) groups is 2. The Morgan fingerprint density at radius 1 is 1.33 bits per heavy atom. The molecule has 0 fully saturated rings. The van der Waals surface area contributed by atoms with Crippen molar-refractivity contribution in [2.24, 2.45) is 0 Å². The van der Waals surface area contributed by atoms with E-state index in [2.05, 4.69) is 0 Å². The smallest absolute Gasteiger partial charge is 0.337 e. The molecule has 0 aromatic heterocycles. The molecule has 0 amide bonds. The molecule has 0 heterocycles. The molecule has 98 valence electrons. The van der Waals surface area contributed by atoms with Gasteiger partial charge >= 0.3 is 5.97 Å². The summed E-state index contributed by atoms with van der Waals surface area (Å²) < 4.78 is 0. The van der Waals surface area contributed by atoms with Gasteiger partial charge in [-0.25, -0.2) is 4.79 Å². The van der Waals surface area contributed by atoms with Crippen LogP contribution in [-0.2, 0) is 15.5 Å². The molecule has 0 aliphatic rings. The number of carboxylic acid groups (broad SMARTS) is 1. The topological polar surface area (TPSA) is 74.6 Å². The van der Waals surface area contributed by atoms with Crippen molar-refractivity contribution in [1.82, 2.24) is 0 Å². The van der Waals surface area contributed by atoms with E-state index in [-0.39, 0.29) is 22.8 Å². The quantitative estimate of drug-likeness (QED) is 0.817. The van der Waals surface area contributed by atoms with Gasteiger partial charge in [0.2, 0.25) is 0 Å². The fourth-order valence-electron chi connectivity index (χ4n) is 1.53. The molecular formula is C12H12Cl2O4. The summed E-state index contributed by atoms with van der Waals surface area (Å²) in [5.41, 5.74) is 1.02. The molecule has 2 atom stereocenters. The monoisotopic (exact) mass is 290 g/mol. The van der Waals surface area contributed by atoms with Crippen molar-refractivity contribution in [2.45, 2.75) is 24.3 Å². The van der Waals surface area contributed by atoms with Crippen LogP contribution in [-0.4, -0.2) is 22.0 Å². The number of halogens is 2. The fraction of sp³-hybridized carbons (Fsp3) is 0.333. The molecule has 1 aromatic rings. The first kappa shape index (κ1) is 15.0. The highest BCUT2D eigenvalue weighted by Gasteiger charge is 2.25. The number of aliphatic hydroxyl groups is 1. The third kappa shape index (κ3) is 3.22. The minimum Gasteiger partial charge on any atom is -0.479 e. The minimum absolute atomic E-state index is 0.0934. The Labute approximate surface area is 114 Å². The van der Waals surface area contributed by atoms with Crippen LogP contribution in [0.5, 0.6) is 0 Å². The number of benzene rings is 1. The lowest BCUT2D eigenvalue weighted by Gasteiger charge is -2.16. The first-order chi connectivity index (χ1) is 8.38. The van der Waals surface area contributed by atoms with Gasteiger partial charge in [-0.05, 0) is 23.6 Å². The molecule has 2 unspecified atom stereocenters. The highest BCUT2D eigenvalue weighted by molar-refractivity contribution is 6.31. The van der Waals surface area contributed by atoms with E-state index >= 15 is 0 Å². The maximum absolute atomic E-state index is 11.3. The zero-order valence-electron chi connectivity index (χ0n) is 9.56. The lowest BCUT2D eigenvalue weighted by molar-refractivity contribution is -0.147. The Kier molecular flexibility index (Phi) is 5.14. The predicted molar refractivity (Wildman–Crippen MR) is 67.9 cm³/mol. The van der Waals surface area contributed by atoms with Gasteiger partial charge in [-0.1, -0.05) is 18.2 Å². The standard InChI is InChI=1S/C12H12Cl2O4/c1-6(15)10(14)8-3-2-7(5-13)4-9(8)11(16)12(17)18/h2-4,10-11,16H,5H2,1H3,(H,17,18). The molecule has 1 aromatic carbocycles. The summed E-state index contributed by atoms with van der Waals surface area (Å²) >= 11 is 11.6. The molecule has 0 spiro atoms.